The van der Waals surface area contributed by atoms with Crippen LogP contribution in [0.15, 0.2) is 93.6 Å². The minimum Gasteiger partial charge on any atom is -0.489 e. The normalized spacial score (nSPS) is 11.3. The van der Waals surface area contributed by atoms with E-state index < -0.39 is 11.2 Å². The molecule has 2 heterocycles. The summed E-state index contributed by atoms with van der Waals surface area (Å²) in [5, 5.41) is 4.36. The molecule has 192 valence electrons. The van der Waals surface area contributed by atoms with E-state index in [0.29, 0.717) is 30.3 Å². The fourth-order valence-corrected chi connectivity index (χ4v) is 4.12. The predicted molar refractivity (Wildman–Crippen MR) is 149 cm³/mol. The Morgan fingerprint density at radius 3 is 2.32 bits per heavy atom. The van der Waals surface area contributed by atoms with E-state index in [4.69, 9.17) is 4.74 Å². The number of nitrogens with zero attached hydrogens (tertiary/aromatic N) is 5. The summed E-state index contributed by atoms with van der Waals surface area (Å²) in [7, 11) is 3.06. The van der Waals surface area contributed by atoms with Gasteiger partial charge in [-0.25, -0.2) is 10.2 Å². The van der Waals surface area contributed by atoms with Gasteiger partial charge in [0.1, 0.15) is 12.4 Å². The lowest BCUT2D eigenvalue weighted by atomic mass is 10.1. The number of fused-ring (bicyclic) bond motifs is 1. The summed E-state index contributed by atoms with van der Waals surface area (Å²) >= 11 is 0. The molecule has 0 bridgehead atoms. The summed E-state index contributed by atoms with van der Waals surface area (Å²) in [6.45, 7) is 2.90. The van der Waals surface area contributed by atoms with Crippen LogP contribution in [-0.2, 0) is 27.2 Å². The van der Waals surface area contributed by atoms with Gasteiger partial charge in [-0.1, -0.05) is 60.2 Å². The van der Waals surface area contributed by atoms with Gasteiger partial charge in [-0.3, -0.25) is 18.5 Å². The lowest BCUT2D eigenvalue weighted by molar-refractivity contribution is 0.306. The maximum Gasteiger partial charge on any atom is 0.332 e. The number of anilines is 1. The fraction of sp³-hybridized carbons (Fsp3) is 0.172. The molecule has 0 aliphatic heterocycles. The van der Waals surface area contributed by atoms with Crippen molar-refractivity contribution in [3.05, 3.63) is 122 Å². The molecule has 0 aliphatic carbocycles. The number of nitrogens with one attached hydrogen (secondary N) is 1. The lowest BCUT2D eigenvalue weighted by Gasteiger charge is -2.09. The van der Waals surface area contributed by atoms with Crippen LogP contribution in [0, 0.1) is 6.92 Å². The molecule has 0 amide bonds. The second kappa shape index (κ2) is 10.6. The largest absolute Gasteiger partial charge is 0.489 e. The predicted octanol–water partition coefficient (Wildman–Crippen LogP) is 3.82. The summed E-state index contributed by atoms with van der Waals surface area (Å²) in [4.78, 5) is 30.1. The van der Waals surface area contributed by atoms with E-state index in [1.165, 1.54) is 11.6 Å². The number of aromatic nitrogens is 4. The quantitative estimate of drug-likeness (QED) is 0.254. The second-order valence-corrected chi connectivity index (χ2v) is 9.10. The van der Waals surface area contributed by atoms with Gasteiger partial charge in [0.15, 0.2) is 11.2 Å². The SMILES string of the molecule is Cc1ccc(Cn2c(NN=Cc3ccc(OCc4ccccc4)cc3)nc3c2c(=O)n(C)c(=O)n3C)cc1. The van der Waals surface area contributed by atoms with Gasteiger partial charge < -0.3 is 4.74 Å². The summed E-state index contributed by atoms with van der Waals surface area (Å²) in [6, 6.07) is 25.6. The van der Waals surface area contributed by atoms with Crippen molar-refractivity contribution >= 4 is 23.3 Å². The summed E-state index contributed by atoms with van der Waals surface area (Å²) in [6.07, 6.45) is 1.66. The van der Waals surface area contributed by atoms with Crippen molar-refractivity contribution in [1.82, 2.24) is 18.7 Å². The highest BCUT2D eigenvalue weighted by Crippen LogP contribution is 2.19. The van der Waals surface area contributed by atoms with E-state index in [2.05, 4.69) is 15.5 Å². The Labute approximate surface area is 219 Å². The van der Waals surface area contributed by atoms with Crippen molar-refractivity contribution < 1.29 is 4.74 Å². The fourth-order valence-electron chi connectivity index (χ4n) is 4.12. The molecule has 0 atom stereocenters. The van der Waals surface area contributed by atoms with Crippen molar-refractivity contribution in [3.8, 4) is 5.75 Å². The molecule has 0 unspecified atom stereocenters. The van der Waals surface area contributed by atoms with Crippen molar-refractivity contribution in [2.45, 2.75) is 20.1 Å². The molecule has 2 aromatic heterocycles. The molecule has 1 N–H and O–H groups in total. The van der Waals surface area contributed by atoms with Crippen LogP contribution in [0.4, 0.5) is 5.95 Å². The van der Waals surface area contributed by atoms with E-state index in [0.717, 1.165) is 32.6 Å². The van der Waals surface area contributed by atoms with Crippen LogP contribution in [0.5, 0.6) is 5.75 Å². The molecule has 3 aromatic carbocycles. The lowest BCUT2D eigenvalue weighted by Crippen LogP contribution is -2.37. The van der Waals surface area contributed by atoms with Crippen molar-refractivity contribution in [2.75, 3.05) is 5.43 Å². The number of hydrazone groups is 1. The van der Waals surface area contributed by atoms with Gasteiger partial charge in [0.2, 0.25) is 5.95 Å². The number of aryl methyl sites for hydroxylation is 2. The number of imidazole rings is 1. The smallest absolute Gasteiger partial charge is 0.332 e. The Balaban J connectivity index is 1.39. The average Bonchev–Trinajstić information content (AvgIpc) is 3.30. The molecular weight excluding hydrogens is 480 g/mol. The Bertz CT molecular complexity index is 1710. The number of ether oxygens (including phenoxy) is 1. The van der Waals surface area contributed by atoms with Crippen LogP contribution in [0.3, 0.4) is 0 Å². The molecule has 0 radical (unpaired) electrons. The van der Waals surface area contributed by atoms with E-state index in [9.17, 15) is 9.59 Å². The zero-order valence-corrected chi connectivity index (χ0v) is 21.5. The van der Waals surface area contributed by atoms with E-state index in [1.54, 1.807) is 17.8 Å². The van der Waals surface area contributed by atoms with Crippen molar-refractivity contribution in [3.63, 3.8) is 0 Å². The Morgan fingerprint density at radius 2 is 1.61 bits per heavy atom. The van der Waals surface area contributed by atoms with Gasteiger partial charge >= 0.3 is 5.69 Å². The van der Waals surface area contributed by atoms with Gasteiger partial charge in [-0.05, 0) is 47.9 Å². The average molecular weight is 509 g/mol. The number of benzene rings is 3. The molecule has 38 heavy (non-hydrogen) atoms. The molecule has 0 fully saturated rings. The molecule has 0 aliphatic rings. The van der Waals surface area contributed by atoms with E-state index in [1.807, 2.05) is 85.8 Å². The van der Waals surface area contributed by atoms with Crippen LogP contribution in [-0.4, -0.2) is 24.9 Å². The molecule has 5 rings (SSSR count). The van der Waals surface area contributed by atoms with Gasteiger partial charge in [0, 0.05) is 14.1 Å². The van der Waals surface area contributed by atoms with Crippen molar-refractivity contribution in [1.29, 1.82) is 0 Å². The maximum atomic E-state index is 13.1. The first-order valence-corrected chi connectivity index (χ1v) is 12.2. The highest BCUT2D eigenvalue weighted by molar-refractivity contribution is 5.80. The van der Waals surface area contributed by atoms with Gasteiger partial charge in [0.25, 0.3) is 5.56 Å². The minimum atomic E-state index is -0.438. The monoisotopic (exact) mass is 508 g/mol. The Morgan fingerprint density at radius 1 is 0.895 bits per heavy atom. The van der Waals surface area contributed by atoms with Crippen molar-refractivity contribution in [2.24, 2.45) is 19.2 Å². The molecule has 0 saturated carbocycles. The van der Waals surface area contributed by atoms with Gasteiger partial charge in [-0.15, -0.1) is 0 Å². The highest BCUT2D eigenvalue weighted by atomic mass is 16.5. The summed E-state index contributed by atoms with van der Waals surface area (Å²) in [5.41, 5.74) is 6.82. The van der Waals surface area contributed by atoms with E-state index in [-0.39, 0.29) is 0 Å². The van der Waals surface area contributed by atoms with E-state index >= 15 is 0 Å². The van der Waals surface area contributed by atoms with Crippen LogP contribution < -0.4 is 21.4 Å². The zero-order valence-electron chi connectivity index (χ0n) is 21.5. The Kier molecular flexibility index (Phi) is 6.90. The second-order valence-electron chi connectivity index (χ2n) is 9.10. The molecule has 0 saturated heterocycles. The third kappa shape index (κ3) is 5.12. The van der Waals surface area contributed by atoms with Gasteiger partial charge in [0.05, 0.1) is 12.8 Å². The third-order valence-corrected chi connectivity index (χ3v) is 6.32. The zero-order chi connectivity index (χ0) is 26.6. The standard InChI is InChI=1S/C29H28N6O3/c1-20-9-11-22(12-10-20)18-35-25-26(33(2)29(37)34(3)27(25)36)31-28(35)32-30-17-21-13-15-24(16-14-21)38-19-23-7-5-4-6-8-23/h4-17H,18-19H2,1-3H3,(H,31,32). The van der Waals surface area contributed by atoms with Crippen LogP contribution in [0.25, 0.3) is 11.2 Å². The molecule has 9 nitrogen and oxygen atoms in total. The first-order valence-electron chi connectivity index (χ1n) is 12.2. The highest BCUT2D eigenvalue weighted by Gasteiger charge is 2.19. The third-order valence-electron chi connectivity index (χ3n) is 6.32. The van der Waals surface area contributed by atoms with Crippen LogP contribution >= 0.6 is 0 Å². The summed E-state index contributed by atoms with van der Waals surface area (Å²) in [5.74, 6) is 1.12. The molecule has 9 heteroatoms. The number of hydrogen-bond acceptors (Lipinski definition) is 6. The molecule has 0 spiro atoms. The number of hydrogen-bond donors (Lipinski definition) is 1. The van der Waals surface area contributed by atoms with Gasteiger partial charge in [-0.2, -0.15) is 10.1 Å². The summed E-state index contributed by atoms with van der Waals surface area (Å²) < 4.78 is 10.0. The van der Waals surface area contributed by atoms with Crippen LogP contribution in [0.1, 0.15) is 22.3 Å². The first-order chi connectivity index (χ1) is 18.4. The minimum absolute atomic E-state index is 0.294. The molecular formula is C29H28N6O3. The Hall–Kier alpha value is -4.92. The number of rotatable bonds is 8. The van der Waals surface area contributed by atoms with Crippen LogP contribution in [0.2, 0.25) is 0 Å². The maximum absolute atomic E-state index is 13.1. The molecule has 5 aromatic rings. The first kappa shape index (κ1) is 24.8. The topological polar surface area (TPSA) is 95.4 Å².